The molecule has 9 heteroatoms. The molecule has 0 saturated heterocycles. The van der Waals surface area contributed by atoms with Gasteiger partial charge in [-0.05, 0) is 30.7 Å². The summed E-state index contributed by atoms with van der Waals surface area (Å²) in [6, 6.07) is 7.61. The number of benzene rings is 2. The summed E-state index contributed by atoms with van der Waals surface area (Å²) in [6.07, 6.45) is 2.10. The van der Waals surface area contributed by atoms with Gasteiger partial charge in [-0.15, -0.1) is 0 Å². The van der Waals surface area contributed by atoms with Crippen LogP contribution in [0.15, 0.2) is 40.9 Å². The molecule has 2 aromatic carbocycles. The fourth-order valence-corrected chi connectivity index (χ4v) is 2.92. The van der Waals surface area contributed by atoms with Crippen molar-refractivity contribution in [1.82, 2.24) is 0 Å². The molecule has 2 rings (SSSR count). The molecule has 0 aliphatic carbocycles. The molecule has 1 N–H and O–H groups in total. The van der Waals surface area contributed by atoms with E-state index in [1.165, 1.54) is 12.1 Å². The molecule has 0 amide bonds. The van der Waals surface area contributed by atoms with Gasteiger partial charge in [-0.1, -0.05) is 58.0 Å². The maximum Gasteiger partial charge on any atom is 0.156 e. The first kappa shape index (κ1) is 22.3. The highest BCUT2D eigenvalue weighted by molar-refractivity contribution is 6.55. The Morgan fingerprint density at radius 3 is 2.37 bits per heavy atom. The number of rotatable bonds is 9. The van der Waals surface area contributed by atoms with E-state index < -0.39 is 5.82 Å². The van der Waals surface area contributed by atoms with Gasteiger partial charge in [0, 0.05) is 23.7 Å². The third kappa shape index (κ3) is 7.47. The van der Waals surface area contributed by atoms with Gasteiger partial charge < -0.3 is 14.8 Å². The second kappa shape index (κ2) is 11.1. The lowest BCUT2D eigenvalue weighted by Crippen LogP contribution is -2.08. The largest absolute Gasteiger partial charge is 0.490 e. The van der Waals surface area contributed by atoms with E-state index in [-0.39, 0.29) is 11.1 Å². The van der Waals surface area contributed by atoms with Crippen LogP contribution in [0.2, 0.25) is 15.1 Å². The average Bonchev–Trinajstić information content (AvgIpc) is 2.58. The summed E-state index contributed by atoms with van der Waals surface area (Å²) in [5.41, 5.74) is 0.378. The van der Waals surface area contributed by atoms with Gasteiger partial charge in [0.25, 0.3) is 0 Å². The molecule has 0 radical (unpaired) electrons. The predicted octanol–water partition coefficient (Wildman–Crippen LogP) is 7.36. The Morgan fingerprint density at radius 1 is 1.04 bits per heavy atom. The van der Waals surface area contributed by atoms with Gasteiger partial charge >= 0.3 is 0 Å². The second-order valence-corrected chi connectivity index (χ2v) is 7.53. The van der Waals surface area contributed by atoms with Crippen molar-refractivity contribution >= 4 is 63.7 Å². The van der Waals surface area contributed by atoms with Crippen LogP contribution in [0.5, 0.6) is 11.5 Å². The number of halogens is 6. The van der Waals surface area contributed by atoms with E-state index in [1.54, 1.807) is 24.3 Å². The Kier molecular flexibility index (Phi) is 9.13. The highest BCUT2D eigenvalue weighted by Gasteiger charge is 2.11. The Balaban J connectivity index is 1.82. The van der Waals surface area contributed by atoms with Crippen molar-refractivity contribution in [2.75, 3.05) is 25.1 Å². The van der Waals surface area contributed by atoms with Gasteiger partial charge in [-0.3, -0.25) is 0 Å². The third-order valence-corrected chi connectivity index (χ3v) is 4.38. The highest BCUT2D eigenvalue weighted by Crippen LogP contribution is 2.37. The lowest BCUT2D eigenvalue weighted by molar-refractivity contribution is 0.313. The van der Waals surface area contributed by atoms with Crippen molar-refractivity contribution < 1.29 is 13.9 Å². The van der Waals surface area contributed by atoms with Crippen LogP contribution in [0.25, 0.3) is 0 Å². The fraction of sp³-hybridized carbons (Fsp3) is 0.222. The number of nitrogens with one attached hydrogen (secondary N) is 1. The first-order chi connectivity index (χ1) is 12.9. The SMILES string of the molecule is Fc1cc(Cl)ccc1NCCCOc1c(Cl)cc(OCC=C(Cl)Cl)cc1Cl. The van der Waals surface area contributed by atoms with E-state index in [1.807, 2.05) is 0 Å². The molecule has 0 aromatic heterocycles. The Morgan fingerprint density at radius 2 is 1.74 bits per heavy atom. The van der Waals surface area contributed by atoms with Crippen LogP contribution in [-0.2, 0) is 0 Å². The summed E-state index contributed by atoms with van der Waals surface area (Å²) in [4.78, 5) is 0. The zero-order valence-corrected chi connectivity index (χ0v) is 17.7. The van der Waals surface area contributed by atoms with Gasteiger partial charge in [0.1, 0.15) is 22.7 Å². The molecular weight excluding hydrogens is 458 g/mol. The molecule has 3 nitrogen and oxygen atoms in total. The van der Waals surface area contributed by atoms with Gasteiger partial charge in [0.05, 0.1) is 22.3 Å². The number of hydrogen-bond donors (Lipinski definition) is 1. The lowest BCUT2D eigenvalue weighted by Gasteiger charge is -2.13. The van der Waals surface area contributed by atoms with Crippen molar-refractivity contribution in [3.8, 4) is 11.5 Å². The van der Waals surface area contributed by atoms with Crippen LogP contribution in [-0.4, -0.2) is 19.8 Å². The molecule has 0 aliphatic rings. The minimum absolute atomic E-state index is 0.110. The third-order valence-electron chi connectivity index (χ3n) is 3.27. The Hall–Kier alpha value is -1.04. The fourth-order valence-electron chi connectivity index (χ4n) is 2.06. The van der Waals surface area contributed by atoms with Crippen molar-refractivity contribution in [2.24, 2.45) is 0 Å². The first-order valence-electron chi connectivity index (χ1n) is 7.81. The van der Waals surface area contributed by atoms with Gasteiger partial charge in [-0.25, -0.2) is 4.39 Å². The molecule has 0 spiro atoms. The zero-order valence-electron chi connectivity index (χ0n) is 13.9. The molecule has 0 heterocycles. The normalized spacial score (nSPS) is 10.4. The maximum absolute atomic E-state index is 13.7. The summed E-state index contributed by atoms with van der Waals surface area (Å²) in [7, 11) is 0. The minimum atomic E-state index is -0.407. The molecule has 0 aliphatic heterocycles. The summed E-state index contributed by atoms with van der Waals surface area (Å²) in [5.74, 6) is 0.410. The predicted molar refractivity (Wildman–Crippen MR) is 112 cm³/mol. The second-order valence-electron chi connectivity index (χ2n) is 5.27. The van der Waals surface area contributed by atoms with E-state index in [9.17, 15) is 4.39 Å². The van der Waals surface area contributed by atoms with Crippen molar-refractivity contribution in [2.45, 2.75) is 6.42 Å². The van der Waals surface area contributed by atoms with Crippen molar-refractivity contribution in [1.29, 1.82) is 0 Å². The minimum Gasteiger partial charge on any atom is -0.490 e. The Bertz CT molecular complexity index is 789. The summed E-state index contributed by atoms with van der Waals surface area (Å²) < 4.78 is 24.8. The van der Waals surface area contributed by atoms with Crippen LogP contribution in [0, 0.1) is 5.82 Å². The monoisotopic (exact) mass is 471 g/mol. The van der Waals surface area contributed by atoms with Crippen LogP contribution in [0.1, 0.15) is 6.42 Å². The van der Waals surface area contributed by atoms with E-state index >= 15 is 0 Å². The average molecular weight is 474 g/mol. The quantitative estimate of drug-likeness (QED) is 0.386. The smallest absolute Gasteiger partial charge is 0.156 e. The molecule has 0 bridgehead atoms. The summed E-state index contributed by atoms with van der Waals surface area (Å²) in [5, 5.41) is 3.95. The van der Waals surface area contributed by atoms with Crippen molar-refractivity contribution in [3.05, 3.63) is 61.8 Å². The van der Waals surface area contributed by atoms with E-state index in [0.717, 1.165) is 0 Å². The maximum atomic E-state index is 13.7. The molecule has 0 fully saturated rings. The topological polar surface area (TPSA) is 30.5 Å². The number of anilines is 1. The van der Waals surface area contributed by atoms with E-state index in [4.69, 9.17) is 67.5 Å². The molecule has 0 unspecified atom stereocenters. The number of hydrogen-bond acceptors (Lipinski definition) is 3. The van der Waals surface area contributed by atoms with E-state index in [0.29, 0.717) is 51.8 Å². The summed E-state index contributed by atoms with van der Waals surface area (Å²) >= 11 is 29.1. The molecular formula is C18H15Cl5FNO2. The van der Waals surface area contributed by atoms with Crippen LogP contribution in [0.4, 0.5) is 10.1 Å². The Labute approximate surface area is 181 Å². The van der Waals surface area contributed by atoms with E-state index in [2.05, 4.69) is 5.32 Å². The summed E-state index contributed by atoms with van der Waals surface area (Å²) in [6.45, 7) is 1.02. The lowest BCUT2D eigenvalue weighted by atomic mass is 10.3. The highest BCUT2D eigenvalue weighted by atomic mass is 35.5. The van der Waals surface area contributed by atoms with Crippen LogP contribution < -0.4 is 14.8 Å². The van der Waals surface area contributed by atoms with Crippen LogP contribution >= 0.6 is 58.0 Å². The molecule has 146 valence electrons. The van der Waals surface area contributed by atoms with Gasteiger partial charge in [-0.2, -0.15) is 0 Å². The molecule has 0 atom stereocenters. The first-order valence-corrected chi connectivity index (χ1v) is 9.70. The molecule has 27 heavy (non-hydrogen) atoms. The molecule has 0 saturated carbocycles. The standard InChI is InChI=1S/C18H15Cl5FNO2/c19-11-2-3-16(15(24)8-11)25-5-1-6-27-18-13(20)9-12(10-14(18)21)26-7-4-17(22)23/h2-4,8-10,25H,1,5-7H2. The van der Waals surface area contributed by atoms with Crippen molar-refractivity contribution in [3.63, 3.8) is 0 Å². The number of ether oxygens (including phenoxy) is 2. The van der Waals surface area contributed by atoms with Crippen LogP contribution in [0.3, 0.4) is 0 Å². The zero-order chi connectivity index (χ0) is 19.8. The van der Waals surface area contributed by atoms with Gasteiger partial charge in [0.2, 0.25) is 0 Å². The molecule has 2 aromatic rings. The van der Waals surface area contributed by atoms with Gasteiger partial charge in [0.15, 0.2) is 5.75 Å².